The Balaban J connectivity index is 1.63. The molecule has 38 heavy (non-hydrogen) atoms. The summed E-state index contributed by atoms with van der Waals surface area (Å²) in [5, 5.41) is 4.92. The second-order valence-electron chi connectivity index (χ2n) is 9.95. The Bertz CT molecular complexity index is 1990. The van der Waals surface area contributed by atoms with Crippen LogP contribution in [0.1, 0.15) is 22.3 Å². The maximum absolute atomic E-state index is 14.4. The van der Waals surface area contributed by atoms with E-state index in [-0.39, 0.29) is 5.78 Å². The van der Waals surface area contributed by atoms with Gasteiger partial charge in [-0.05, 0) is 49.4 Å². The summed E-state index contributed by atoms with van der Waals surface area (Å²) in [6, 6.07) is 46.2. The van der Waals surface area contributed by atoms with E-state index in [1.54, 1.807) is 0 Å². The summed E-state index contributed by atoms with van der Waals surface area (Å²) in [5.74, 6) is 0.0993. The maximum Gasteiger partial charge on any atom is 0.195 e. The number of benzene rings is 6. The lowest BCUT2D eigenvalue weighted by Gasteiger charge is -2.17. The van der Waals surface area contributed by atoms with Gasteiger partial charge in [-0.3, -0.25) is 4.79 Å². The summed E-state index contributed by atoms with van der Waals surface area (Å²) < 4.78 is 0. The van der Waals surface area contributed by atoms with Crippen molar-refractivity contribution in [1.29, 1.82) is 0 Å². The van der Waals surface area contributed by atoms with E-state index in [1.165, 1.54) is 32.7 Å². The quantitative estimate of drug-likeness (QED) is 0.230. The van der Waals surface area contributed by atoms with Gasteiger partial charge in [0.2, 0.25) is 0 Å². The van der Waals surface area contributed by atoms with Crippen LogP contribution in [0.25, 0.3) is 55.0 Å². The minimum Gasteiger partial charge on any atom is -0.289 e. The van der Waals surface area contributed by atoms with Gasteiger partial charge in [-0.1, -0.05) is 133 Å². The average molecular weight is 483 g/mol. The molecule has 0 heterocycles. The van der Waals surface area contributed by atoms with Crippen molar-refractivity contribution in [3.63, 3.8) is 0 Å². The van der Waals surface area contributed by atoms with E-state index in [0.717, 1.165) is 44.5 Å². The van der Waals surface area contributed by atoms with Crippen LogP contribution in [0, 0.1) is 0 Å². The Hall–Kier alpha value is -5.01. The summed E-state index contributed by atoms with van der Waals surface area (Å²) >= 11 is 0. The van der Waals surface area contributed by atoms with Gasteiger partial charge in [0.25, 0.3) is 0 Å². The van der Waals surface area contributed by atoms with Crippen LogP contribution in [0.2, 0.25) is 0 Å². The zero-order valence-electron chi connectivity index (χ0n) is 20.6. The van der Waals surface area contributed by atoms with Crippen molar-refractivity contribution in [2.75, 3.05) is 0 Å². The van der Waals surface area contributed by atoms with E-state index in [0.29, 0.717) is 0 Å². The largest absolute Gasteiger partial charge is 0.289 e. The summed E-state index contributed by atoms with van der Waals surface area (Å²) in [6.07, 6.45) is 0. The zero-order valence-corrected chi connectivity index (χ0v) is 20.6. The number of carbonyl (C=O) groups is 1. The maximum atomic E-state index is 14.4. The Morgan fingerprint density at radius 2 is 0.842 bits per heavy atom. The molecule has 6 aromatic carbocycles. The van der Waals surface area contributed by atoms with E-state index in [1.807, 2.05) is 36.4 Å². The second-order valence-corrected chi connectivity index (χ2v) is 9.95. The summed E-state index contributed by atoms with van der Waals surface area (Å²) in [5.41, 5.74) is 10.3. The molecule has 0 saturated heterocycles. The number of fused-ring (bicyclic) bond motifs is 5. The summed E-state index contributed by atoms with van der Waals surface area (Å²) in [6.45, 7) is 0. The first-order valence-corrected chi connectivity index (χ1v) is 13.0. The molecule has 8 rings (SSSR count). The van der Waals surface area contributed by atoms with Crippen molar-refractivity contribution in [2.24, 2.45) is 0 Å². The van der Waals surface area contributed by atoms with Crippen LogP contribution in [0.15, 0.2) is 133 Å². The summed E-state index contributed by atoms with van der Waals surface area (Å²) in [7, 11) is 0. The van der Waals surface area contributed by atoms with Gasteiger partial charge in [0.15, 0.2) is 5.78 Å². The lowest BCUT2D eigenvalue weighted by molar-refractivity contribution is -0.108. The monoisotopic (exact) mass is 482 g/mol. The third-order valence-electron chi connectivity index (χ3n) is 7.96. The van der Waals surface area contributed by atoms with Gasteiger partial charge in [-0.15, -0.1) is 0 Å². The van der Waals surface area contributed by atoms with E-state index in [4.69, 9.17) is 0 Å². The molecule has 2 aliphatic carbocycles. The molecule has 0 amide bonds. The highest BCUT2D eigenvalue weighted by molar-refractivity contribution is 6.62. The van der Waals surface area contributed by atoms with Crippen molar-refractivity contribution < 1.29 is 4.79 Å². The predicted molar refractivity (Wildman–Crippen MR) is 158 cm³/mol. The fourth-order valence-corrected chi connectivity index (χ4v) is 6.49. The molecular weight excluding hydrogens is 460 g/mol. The third kappa shape index (κ3) is 2.79. The minimum atomic E-state index is 0.0993. The fraction of sp³-hybridized carbons (Fsp3) is 0. The molecule has 0 unspecified atom stereocenters. The molecule has 2 aliphatic rings. The number of allylic oxidation sites excluding steroid dienone is 4. The second kappa shape index (κ2) is 7.99. The van der Waals surface area contributed by atoms with Gasteiger partial charge in [0.05, 0.1) is 0 Å². The molecular formula is C37H22O. The van der Waals surface area contributed by atoms with Crippen molar-refractivity contribution in [2.45, 2.75) is 0 Å². The molecule has 6 aromatic rings. The molecule has 0 fully saturated rings. The highest BCUT2D eigenvalue weighted by Gasteiger charge is 2.41. The third-order valence-corrected chi connectivity index (χ3v) is 7.96. The molecule has 0 aromatic heterocycles. The number of carbonyl (C=O) groups excluding carboxylic acids is 1. The van der Waals surface area contributed by atoms with Crippen LogP contribution in [0.3, 0.4) is 0 Å². The first-order chi connectivity index (χ1) is 18.8. The SMILES string of the molecule is O=C1C(c2ccccc2)=C2C(=C1c1ccccc1)c1c(-c3ccccc3)c3ccccc3c3cccc2c13. The van der Waals surface area contributed by atoms with Gasteiger partial charge in [0.1, 0.15) is 0 Å². The normalized spacial score (nSPS) is 14.2. The molecule has 0 atom stereocenters. The van der Waals surface area contributed by atoms with Crippen molar-refractivity contribution in [1.82, 2.24) is 0 Å². The van der Waals surface area contributed by atoms with E-state index in [2.05, 4.69) is 97.1 Å². The molecule has 0 bridgehead atoms. The van der Waals surface area contributed by atoms with Gasteiger partial charge in [0, 0.05) is 27.9 Å². The molecule has 0 saturated carbocycles. The van der Waals surface area contributed by atoms with Crippen LogP contribution in [-0.2, 0) is 4.79 Å². The molecule has 1 nitrogen and oxygen atoms in total. The minimum absolute atomic E-state index is 0.0993. The van der Waals surface area contributed by atoms with Crippen LogP contribution in [0.5, 0.6) is 0 Å². The number of hydrogen-bond donors (Lipinski definition) is 0. The van der Waals surface area contributed by atoms with E-state index >= 15 is 0 Å². The Morgan fingerprint density at radius 3 is 1.47 bits per heavy atom. The number of hydrogen-bond acceptors (Lipinski definition) is 1. The Labute approximate surface area is 221 Å². The lowest BCUT2D eigenvalue weighted by atomic mass is 9.85. The van der Waals surface area contributed by atoms with Crippen molar-refractivity contribution in [3.05, 3.63) is 156 Å². The fourth-order valence-electron chi connectivity index (χ4n) is 6.49. The van der Waals surface area contributed by atoms with Crippen LogP contribution >= 0.6 is 0 Å². The first-order valence-electron chi connectivity index (χ1n) is 13.0. The van der Waals surface area contributed by atoms with Gasteiger partial charge >= 0.3 is 0 Å². The highest BCUT2D eigenvalue weighted by Crippen LogP contribution is 2.60. The van der Waals surface area contributed by atoms with Gasteiger partial charge in [-0.2, -0.15) is 0 Å². The van der Waals surface area contributed by atoms with Crippen molar-refractivity contribution >= 4 is 49.6 Å². The molecule has 176 valence electrons. The van der Waals surface area contributed by atoms with E-state index < -0.39 is 0 Å². The molecule has 0 aliphatic heterocycles. The van der Waals surface area contributed by atoms with Gasteiger partial charge in [-0.25, -0.2) is 0 Å². The molecule has 1 heteroatoms. The van der Waals surface area contributed by atoms with E-state index in [9.17, 15) is 4.79 Å². The average Bonchev–Trinajstić information content (AvgIpc) is 3.47. The molecule has 0 radical (unpaired) electrons. The number of Topliss-reactive ketones (excluding diaryl/α,β-unsaturated/α-hetero) is 1. The predicted octanol–water partition coefficient (Wildman–Crippen LogP) is 9.08. The Kier molecular flexibility index (Phi) is 4.44. The molecule has 0 spiro atoms. The number of rotatable bonds is 3. The smallest absolute Gasteiger partial charge is 0.195 e. The van der Waals surface area contributed by atoms with Crippen LogP contribution in [-0.4, -0.2) is 5.78 Å². The van der Waals surface area contributed by atoms with Crippen molar-refractivity contribution in [3.8, 4) is 11.1 Å². The first kappa shape index (κ1) is 21.1. The summed E-state index contributed by atoms with van der Waals surface area (Å²) in [4.78, 5) is 14.4. The van der Waals surface area contributed by atoms with Crippen LogP contribution < -0.4 is 0 Å². The molecule has 0 N–H and O–H groups in total. The van der Waals surface area contributed by atoms with Crippen LogP contribution in [0.4, 0.5) is 0 Å². The topological polar surface area (TPSA) is 17.1 Å². The van der Waals surface area contributed by atoms with Gasteiger partial charge < -0.3 is 0 Å². The standard InChI is InChI=1S/C37H22O/c38-37-31(24-15-6-2-7-16-24)34-29-22-12-21-28-26-19-10-11-20-27(26)30(23-13-4-1-5-14-23)35(33(28)29)36(34)32(37)25-17-8-3-9-18-25/h1-22H. The Morgan fingerprint density at radius 1 is 0.342 bits per heavy atom. The lowest BCUT2D eigenvalue weighted by Crippen LogP contribution is -2.03. The zero-order chi connectivity index (χ0) is 25.2. The number of ketones is 1. The highest BCUT2D eigenvalue weighted by atomic mass is 16.1.